The van der Waals surface area contributed by atoms with Crippen LogP contribution in [0.25, 0.3) is 10.4 Å². The summed E-state index contributed by atoms with van der Waals surface area (Å²) in [6.45, 7) is 4.04. The summed E-state index contributed by atoms with van der Waals surface area (Å²) in [6.07, 6.45) is 2.07. The third-order valence-corrected chi connectivity index (χ3v) is 4.18. The quantitative estimate of drug-likeness (QED) is 0.852. The Morgan fingerprint density at radius 1 is 1.28 bits per heavy atom. The lowest BCUT2D eigenvalue weighted by Gasteiger charge is -2.06. The second-order valence-corrected chi connectivity index (χ2v) is 5.73. The average molecular weight is 263 g/mol. The van der Waals surface area contributed by atoms with E-state index in [0.717, 1.165) is 28.8 Å². The van der Waals surface area contributed by atoms with Crippen molar-refractivity contribution >= 4 is 11.3 Å². The van der Waals surface area contributed by atoms with E-state index in [1.54, 1.807) is 23.5 Å². The maximum Gasteiger partial charge on any atom is 0.124 e. The summed E-state index contributed by atoms with van der Waals surface area (Å²) in [5.74, 6) is -0.183. The van der Waals surface area contributed by atoms with Crippen LogP contribution in [0, 0.1) is 12.7 Å². The van der Waals surface area contributed by atoms with Gasteiger partial charge in [-0.1, -0.05) is 19.4 Å². The molecule has 0 saturated carbocycles. The molecule has 1 unspecified atom stereocenters. The molecule has 0 aliphatic carbocycles. The Balaban J connectivity index is 2.29. The highest BCUT2D eigenvalue weighted by molar-refractivity contribution is 7.15. The molecule has 0 aliphatic rings. The number of aryl methyl sites for hydroxylation is 1. The Hall–Kier alpha value is -1.19. The molecule has 0 amide bonds. The maximum absolute atomic E-state index is 13.4. The number of benzene rings is 1. The molecular formula is C15H18FNS. The molecule has 2 aromatic rings. The van der Waals surface area contributed by atoms with Crippen LogP contribution >= 0.6 is 11.3 Å². The average Bonchev–Trinajstić information content (AvgIpc) is 2.77. The third kappa shape index (κ3) is 2.98. The first-order chi connectivity index (χ1) is 8.60. The molecule has 2 N–H and O–H groups in total. The van der Waals surface area contributed by atoms with E-state index >= 15 is 0 Å². The van der Waals surface area contributed by atoms with Crippen molar-refractivity contribution in [3.05, 3.63) is 46.6 Å². The Bertz CT molecular complexity index is 513. The monoisotopic (exact) mass is 263 g/mol. The minimum atomic E-state index is -0.183. The summed E-state index contributed by atoms with van der Waals surface area (Å²) >= 11 is 1.66. The first-order valence-corrected chi connectivity index (χ1v) is 7.04. The minimum Gasteiger partial charge on any atom is -0.323 e. The fourth-order valence-corrected chi connectivity index (χ4v) is 3.07. The highest BCUT2D eigenvalue weighted by Gasteiger charge is 2.10. The van der Waals surface area contributed by atoms with Crippen LogP contribution in [-0.4, -0.2) is 0 Å². The van der Waals surface area contributed by atoms with Crippen LogP contribution in [0.2, 0.25) is 0 Å². The van der Waals surface area contributed by atoms with Crippen LogP contribution in [-0.2, 0) is 0 Å². The van der Waals surface area contributed by atoms with E-state index < -0.39 is 0 Å². The van der Waals surface area contributed by atoms with Gasteiger partial charge in [-0.05, 0) is 48.7 Å². The molecule has 2 rings (SSSR count). The second-order valence-electron chi connectivity index (χ2n) is 4.61. The van der Waals surface area contributed by atoms with Gasteiger partial charge in [0, 0.05) is 15.8 Å². The summed E-state index contributed by atoms with van der Waals surface area (Å²) in [4.78, 5) is 2.26. The number of rotatable bonds is 4. The van der Waals surface area contributed by atoms with E-state index in [9.17, 15) is 4.39 Å². The summed E-state index contributed by atoms with van der Waals surface area (Å²) in [6, 6.07) is 9.31. The molecule has 0 fully saturated rings. The summed E-state index contributed by atoms with van der Waals surface area (Å²) in [5.41, 5.74) is 7.97. The predicted octanol–water partition coefficient (Wildman–Crippen LogP) is 4.66. The molecule has 1 atom stereocenters. The molecule has 0 spiro atoms. The van der Waals surface area contributed by atoms with Gasteiger partial charge in [-0.2, -0.15) is 0 Å². The second kappa shape index (κ2) is 5.63. The van der Waals surface area contributed by atoms with Gasteiger partial charge >= 0.3 is 0 Å². The molecule has 18 heavy (non-hydrogen) atoms. The maximum atomic E-state index is 13.4. The van der Waals surface area contributed by atoms with Gasteiger partial charge in [0.05, 0.1) is 0 Å². The first-order valence-electron chi connectivity index (χ1n) is 6.23. The molecule has 96 valence electrons. The van der Waals surface area contributed by atoms with Crippen LogP contribution < -0.4 is 5.73 Å². The van der Waals surface area contributed by atoms with Crippen LogP contribution in [0.1, 0.15) is 36.2 Å². The van der Waals surface area contributed by atoms with Gasteiger partial charge in [-0.15, -0.1) is 11.3 Å². The summed E-state index contributed by atoms with van der Waals surface area (Å²) < 4.78 is 13.4. The highest BCUT2D eigenvalue weighted by atomic mass is 32.1. The fourth-order valence-electron chi connectivity index (χ4n) is 2.04. The summed E-state index contributed by atoms with van der Waals surface area (Å²) in [7, 11) is 0. The molecule has 0 aliphatic heterocycles. The predicted molar refractivity (Wildman–Crippen MR) is 76.3 cm³/mol. The molecular weight excluding hydrogens is 245 g/mol. The Morgan fingerprint density at radius 3 is 2.72 bits per heavy atom. The largest absolute Gasteiger partial charge is 0.323 e. The number of thiophene rings is 1. The van der Waals surface area contributed by atoms with Crippen molar-refractivity contribution < 1.29 is 4.39 Å². The lowest BCUT2D eigenvalue weighted by atomic mass is 10.1. The normalized spacial score (nSPS) is 12.7. The van der Waals surface area contributed by atoms with Crippen molar-refractivity contribution in [3.63, 3.8) is 0 Å². The van der Waals surface area contributed by atoms with E-state index in [2.05, 4.69) is 13.0 Å². The lowest BCUT2D eigenvalue weighted by molar-refractivity contribution is 0.627. The van der Waals surface area contributed by atoms with Crippen molar-refractivity contribution in [2.75, 3.05) is 0 Å². The molecule has 1 aromatic heterocycles. The van der Waals surface area contributed by atoms with Gasteiger partial charge < -0.3 is 5.73 Å². The lowest BCUT2D eigenvalue weighted by Crippen LogP contribution is -2.07. The SMILES string of the molecule is CCCC(N)c1ccc(-c2cc(C)cc(F)c2)s1. The van der Waals surface area contributed by atoms with E-state index in [4.69, 9.17) is 5.73 Å². The van der Waals surface area contributed by atoms with Gasteiger partial charge in [0.15, 0.2) is 0 Å². The molecule has 0 saturated heterocycles. The van der Waals surface area contributed by atoms with Crippen LogP contribution in [0.15, 0.2) is 30.3 Å². The van der Waals surface area contributed by atoms with E-state index in [0.29, 0.717) is 0 Å². The van der Waals surface area contributed by atoms with E-state index in [1.807, 2.05) is 19.1 Å². The Labute approximate surface area is 111 Å². The zero-order valence-electron chi connectivity index (χ0n) is 10.7. The van der Waals surface area contributed by atoms with Crippen LogP contribution in [0.3, 0.4) is 0 Å². The third-order valence-electron chi connectivity index (χ3n) is 2.92. The van der Waals surface area contributed by atoms with E-state index in [1.165, 1.54) is 4.88 Å². The standard InChI is InChI=1S/C15H18FNS/c1-3-4-13(17)15-6-5-14(18-15)11-7-10(2)8-12(16)9-11/h5-9,13H,3-4,17H2,1-2H3. The van der Waals surface area contributed by atoms with Crippen molar-refractivity contribution in [1.29, 1.82) is 0 Å². The molecule has 0 radical (unpaired) electrons. The van der Waals surface area contributed by atoms with Crippen LogP contribution in [0.4, 0.5) is 4.39 Å². The Kier molecular flexibility index (Phi) is 4.15. The number of hydrogen-bond donors (Lipinski definition) is 1. The van der Waals surface area contributed by atoms with Crippen molar-refractivity contribution in [2.45, 2.75) is 32.7 Å². The molecule has 3 heteroatoms. The van der Waals surface area contributed by atoms with Crippen LogP contribution in [0.5, 0.6) is 0 Å². The molecule has 0 bridgehead atoms. The minimum absolute atomic E-state index is 0.100. The molecule has 1 heterocycles. The number of nitrogens with two attached hydrogens (primary N) is 1. The van der Waals surface area contributed by atoms with Crippen molar-refractivity contribution in [2.24, 2.45) is 5.73 Å². The van der Waals surface area contributed by atoms with Crippen molar-refractivity contribution in [3.8, 4) is 10.4 Å². The number of halogens is 1. The summed E-state index contributed by atoms with van der Waals surface area (Å²) in [5, 5.41) is 0. The highest BCUT2D eigenvalue weighted by Crippen LogP contribution is 2.32. The van der Waals surface area contributed by atoms with Gasteiger partial charge in [-0.3, -0.25) is 0 Å². The zero-order chi connectivity index (χ0) is 13.1. The first kappa shape index (κ1) is 13.2. The van der Waals surface area contributed by atoms with Gasteiger partial charge in [0.2, 0.25) is 0 Å². The number of hydrogen-bond acceptors (Lipinski definition) is 2. The fraction of sp³-hybridized carbons (Fsp3) is 0.333. The molecule has 1 nitrogen and oxygen atoms in total. The van der Waals surface area contributed by atoms with Gasteiger partial charge in [0.1, 0.15) is 5.82 Å². The van der Waals surface area contributed by atoms with E-state index in [-0.39, 0.29) is 11.9 Å². The Morgan fingerprint density at radius 2 is 2.06 bits per heavy atom. The molecule has 1 aromatic carbocycles. The van der Waals surface area contributed by atoms with Crippen molar-refractivity contribution in [1.82, 2.24) is 0 Å². The zero-order valence-corrected chi connectivity index (χ0v) is 11.6. The van der Waals surface area contributed by atoms with Gasteiger partial charge in [-0.25, -0.2) is 4.39 Å². The van der Waals surface area contributed by atoms with Gasteiger partial charge in [0.25, 0.3) is 0 Å². The topological polar surface area (TPSA) is 26.0 Å². The smallest absolute Gasteiger partial charge is 0.124 e.